The van der Waals surface area contributed by atoms with Crippen LogP contribution >= 0.6 is 34.8 Å². The SMILES string of the molecule is CCCNC(c1ccc(Cl)c(Cl)c1)c1c(F)cccc1Cl. The van der Waals surface area contributed by atoms with E-state index < -0.39 is 0 Å². The summed E-state index contributed by atoms with van der Waals surface area (Å²) in [4.78, 5) is 0. The minimum Gasteiger partial charge on any atom is -0.306 e. The predicted molar refractivity (Wildman–Crippen MR) is 88.0 cm³/mol. The van der Waals surface area contributed by atoms with Gasteiger partial charge in [0.05, 0.1) is 16.1 Å². The van der Waals surface area contributed by atoms with Crippen LogP contribution in [0.3, 0.4) is 0 Å². The van der Waals surface area contributed by atoms with Crippen LogP contribution in [0.15, 0.2) is 36.4 Å². The summed E-state index contributed by atoms with van der Waals surface area (Å²) in [7, 11) is 0. The molecule has 0 saturated heterocycles. The summed E-state index contributed by atoms with van der Waals surface area (Å²) in [5.41, 5.74) is 1.25. The van der Waals surface area contributed by atoms with Crippen molar-refractivity contribution in [3.8, 4) is 0 Å². The average molecular weight is 347 g/mol. The van der Waals surface area contributed by atoms with Crippen molar-refractivity contribution in [3.63, 3.8) is 0 Å². The van der Waals surface area contributed by atoms with Crippen molar-refractivity contribution in [2.75, 3.05) is 6.54 Å². The fraction of sp³-hybridized carbons (Fsp3) is 0.250. The van der Waals surface area contributed by atoms with Gasteiger partial charge in [0.2, 0.25) is 0 Å². The standard InChI is InChI=1S/C16H15Cl3FN/c1-2-8-21-16(10-6-7-11(17)13(19)9-10)15-12(18)4-3-5-14(15)20/h3-7,9,16,21H,2,8H2,1H3. The van der Waals surface area contributed by atoms with Crippen LogP contribution in [0.4, 0.5) is 4.39 Å². The number of hydrogen-bond acceptors (Lipinski definition) is 1. The van der Waals surface area contributed by atoms with E-state index in [2.05, 4.69) is 5.32 Å². The number of hydrogen-bond donors (Lipinski definition) is 1. The summed E-state index contributed by atoms with van der Waals surface area (Å²) < 4.78 is 14.2. The van der Waals surface area contributed by atoms with E-state index in [0.717, 1.165) is 18.5 Å². The molecule has 112 valence electrons. The number of rotatable bonds is 5. The van der Waals surface area contributed by atoms with Crippen molar-refractivity contribution in [2.24, 2.45) is 0 Å². The monoisotopic (exact) mass is 345 g/mol. The first kappa shape index (κ1) is 16.6. The predicted octanol–water partition coefficient (Wildman–Crippen LogP) is 5.87. The Labute approximate surface area is 139 Å². The maximum Gasteiger partial charge on any atom is 0.129 e. The number of halogens is 4. The Kier molecular flexibility index (Phi) is 5.88. The molecule has 0 fully saturated rings. The molecule has 0 aliphatic carbocycles. The van der Waals surface area contributed by atoms with Crippen molar-refractivity contribution < 1.29 is 4.39 Å². The first-order valence-corrected chi connectivity index (χ1v) is 7.80. The molecule has 1 N–H and O–H groups in total. The largest absolute Gasteiger partial charge is 0.306 e. The second-order valence-electron chi connectivity index (χ2n) is 4.70. The molecule has 1 unspecified atom stereocenters. The van der Waals surface area contributed by atoms with Gasteiger partial charge in [0.1, 0.15) is 5.82 Å². The molecule has 0 saturated carbocycles. The van der Waals surface area contributed by atoms with Crippen molar-refractivity contribution >= 4 is 34.8 Å². The molecule has 0 heterocycles. The Morgan fingerprint density at radius 3 is 2.43 bits per heavy atom. The van der Waals surface area contributed by atoms with Gasteiger partial charge in [0.15, 0.2) is 0 Å². The van der Waals surface area contributed by atoms with Gasteiger partial charge in [-0.3, -0.25) is 0 Å². The highest BCUT2D eigenvalue weighted by atomic mass is 35.5. The van der Waals surface area contributed by atoms with Crippen LogP contribution in [0.5, 0.6) is 0 Å². The van der Waals surface area contributed by atoms with E-state index in [1.54, 1.807) is 24.3 Å². The molecule has 0 aliphatic rings. The van der Waals surface area contributed by atoms with Crippen LogP contribution in [0.2, 0.25) is 15.1 Å². The Morgan fingerprint density at radius 1 is 1.05 bits per heavy atom. The molecule has 2 aromatic carbocycles. The third-order valence-electron chi connectivity index (χ3n) is 3.16. The second-order valence-corrected chi connectivity index (χ2v) is 5.92. The van der Waals surface area contributed by atoms with Crippen molar-refractivity contribution in [1.82, 2.24) is 5.32 Å². The first-order chi connectivity index (χ1) is 10.0. The van der Waals surface area contributed by atoms with Crippen molar-refractivity contribution in [2.45, 2.75) is 19.4 Å². The zero-order valence-corrected chi connectivity index (χ0v) is 13.7. The van der Waals surface area contributed by atoms with Crippen LogP contribution in [-0.4, -0.2) is 6.54 Å². The fourth-order valence-electron chi connectivity index (χ4n) is 2.15. The van der Waals surface area contributed by atoms with E-state index in [0.29, 0.717) is 20.6 Å². The lowest BCUT2D eigenvalue weighted by Gasteiger charge is -2.21. The lowest BCUT2D eigenvalue weighted by Crippen LogP contribution is -2.24. The molecule has 5 heteroatoms. The Balaban J connectivity index is 2.49. The van der Waals surface area contributed by atoms with Gasteiger partial charge in [-0.2, -0.15) is 0 Å². The summed E-state index contributed by atoms with van der Waals surface area (Å²) in [6, 6.07) is 9.57. The maximum atomic E-state index is 14.2. The lowest BCUT2D eigenvalue weighted by atomic mass is 9.98. The summed E-state index contributed by atoms with van der Waals surface area (Å²) in [6.45, 7) is 2.78. The molecule has 0 aromatic heterocycles. The topological polar surface area (TPSA) is 12.0 Å². The van der Waals surface area contributed by atoms with E-state index in [1.165, 1.54) is 6.07 Å². The Bertz CT molecular complexity index is 611. The highest BCUT2D eigenvalue weighted by Gasteiger charge is 2.21. The average Bonchev–Trinajstić information content (AvgIpc) is 2.45. The number of nitrogens with one attached hydrogen (secondary N) is 1. The molecular formula is C16H15Cl3FN. The van der Waals surface area contributed by atoms with Crippen LogP contribution < -0.4 is 5.32 Å². The van der Waals surface area contributed by atoms with Gasteiger partial charge >= 0.3 is 0 Å². The van der Waals surface area contributed by atoms with Gasteiger partial charge < -0.3 is 5.32 Å². The fourth-order valence-corrected chi connectivity index (χ4v) is 2.73. The highest BCUT2D eigenvalue weighted by Crippen LogP contribution is 2.33. The lowest BCUT2D eigenvalue weighted by molar-refractivity contribution is 0.547. The maximum absolute atomic E-state index is 14.2. The Morgan fingerprint density at radius 2 is 1.81 bits per heavy atom. The molecule has 2 aromatic rings. The van der Waals surface area contributed by atoms with E-state index in [4.69, 9.17) is 34.8 Å². The molecule has 0 amide bonds. The van der Waals surface area contributed by atoms with E-state index in [1.807, 2.05) is 13.0 Å². The van der Waals surface area contributed by atoms with E-state index >= 15 is 0 Å². The van der Waals surface area contributed by atoms with Crippen LogP contribution in [0.25, 0.3) is 0 Å². The molecule has 0 spiro atoms. The summed E-state index contributed by atoms with van der Waals surface area (Å²) in [6.07, 6.45) is 0.921. The third-order valence-corrected chi connectivity index (χ3v) is 4.23. The van der Waals surface area contributed by atoms with Gasteiger partial charge in [-0.15, -0.1) is 0 Å². The molecule has 2 rings (SSSR count). The normalized spacial score (nSPS) is 12.4. The smallest absolute Gasteiger partial charge is 0.129 e. The first-order valence-electron chi connectivity index (χ1n) is 6.66. The molecule has 0 aliphatic heterocycles. The zero-order valence-electron chi connectivity index (χ0n) is 11.5. The highest BCUT2D eigenvalue weighted by molar-refractivity contribution is 6.42. The van der Waals surface area contributed by atoms with Crippen LogP contribution in [0.1, 0.15) is 30.5 Å². The third kappa shape index (κ3) is 3.89. The van der Waals surface area contributed by atoms with Gasteiger partial charge in [-0.25, -0.2) is 4.39 Å². The van der Waals surface area contributed by atoms with Gasteiger partial charge in [-0.05, 0) is 42.8 Å². The minimum absolute atomic E-state index is 0.345. The van der Waals surface area contributed by atoms with Gasteiger partial charge in [0.25, 0.3) is 0 Å². The van der Waals surface area contributed by atoms with E-state index in [-0.39, 0.29) is 11.9 Å². The number of benzene rings is 2. The van der Waals surface area contributed by atoms with Gasteiger partial charge in [-0.1, -0.05) is 53.9 Å². The van der Waals surface area contributed by atoms with Crippen LogP contribution in [-0.2, 0) is 0 Å². The summed E-state index contributed by atoms with van der Waals surface area (Å²) in [5, 5.41) is 4.59. The molecular weight excluding hydrogens is 332 g/mol. The van der Waals surface area contributed by atoms with Crippen LogP contribution in [0, 0.1) is 5.82 Å². The molecule has 21 heavy (non-hydrogen) atoms. The summed E-state index contributed by atoms with van der Waals surface area (Å²) >= 11 is 18.2. The Hall–Kier alpha value is -0.800. The summed E-state index contributed by atoms with van der Waals surface area (Å²) in [5.74, 6) is -0.345. The zero-order chi connectivity index (χ0) is 15.4. The molecule has 1 nitrogen and oxygen atoms in total. The molecule has 0 radical (unpaired) electrons. The second kappa shape index (κ2) is 7.46. The van der Waals surface area contributed by atoms with E-state index in [9.17, 15) is 4.39 Å². The quantitative estimate of drug-likeness (QED) is 0.713. The minimum atomic E-state index is -0.367. The molecule has 1 atom stereocenters. The molecule has 0 bridgehead atoms. The van der Waals surface area contributed by atoms with Crippen molar-refractivity contribution in [1.29, 1.82) is 0 Å². The van der Waals surface area contributed by atoms with Gasteiger partial charge in [0, 0.05) is 10.6 Å². The van der Waals surface area contributed by atoms with Crippen molar-refractivity contribution in [3.05, 3.63) is 68.4 Å².